The Labute approximate surface area is 182 Å². The van der Waals surface area contributed by atoms with Crippen LogP contribution in [0.15, 0.2) is 102 Å². The molecule has 4 aromatic rings. The van der Waals surface area contributed by atoms with E-state index in [2.05, 4.69) is 5.32 Å². The molecule has 0 unspecified atom stereocenters. The minimum absolute atomic E-state index is 0.215. The van der Waals surface area contributed by atoms with Crippen LogP contribution in [0.1, 0.15) is 15.9 Å². The summed E-state index contributed by atoms with van der Waals surface area (Å²) in [5, 5.41) is 5.17. The third kappa shape index (κ3) is 4.29. The van der Waals surface area contributed by atoms with E-state index < -0.39 is 10.0 Å². The van der Waals surface area contributed by atoms with Gasteiger partial charge in [-0.25, -0.2) is 8.42 Å². The molecule has 0 saturated heterocycles. The summed E-state index contributed by atoms with van der Waals surface area (Å²) >= 11 is 0. The summed E-state index contributed by atoms with van der Waals surface area (Å²) in [6.07, 6.45) is 0. The van der Waals surface area contributed by atoms with Crippen molar-refractivity contribution in [2.24, 2.45) is 0 Å². The van der Waals surface area contributed by atoms with Gasteiger partial charge in [-0.05, 0) is 52.7 Å². The predicted molar refractivity (Wildman–Crippen MR) is 124 cm³/mol. The Balaban J connectivity index is 1.47. The summed E-state index contributed by atoms with van der Waals surface area (Å²) in [4.78, 5) is 12.8. The van der Waals surface area contributed by atoms with E-state index in [-0.39, 0.29) is 10.8 Å². The topological polar surface area (TPSA) is 66.5 Å². The number of rotatable bonds is 6. The molecule has 0 spiro atoms. The zero-order valence-corrected chi connectivity index (χ0v) is 17.8. The van der Waals surface area contributed by atoms with Crippen molar-refractivity contribution in [1.29, 1.82) is 0 Å². The highest BCUT2D eigenvalue weighted by molar-refractivity contribution is 7.92. The molecule has 0 aliphatic carbocycles. The zero-order chi connectivity index (χ0) is 21.8. The Morgan fingerprint density at radius 2 is 1.45 bits per heavy atom. The molecular weight excluding hydrogens is 408 g/mol. The molecule has 6 heteroatoms. The lowest BCUT2D eigenvalue weighted by molar-refractivity contribution is 0.0951. The fraction of sp³-hybridized carbons (Fsp3) is 0.0800. The Hall–Kier alpha value is -3.64. The molecule has 0 fully saturated rings. The molecule has 0 atom stereocenters. The van der Waals surface area contributed by atoms with Crippen LogP contribution in [0.3, 0.4) is 0 Å². The van der Waals surface area contributed by atoms with E-state index in [4.69, 9.17) is 0 Å². The number of sulfonamides is 1. The number of hydrogen-bond donors (Lipinski definition) is 1. The summed E-state index contributed by atoms with van der Waals surface area (Å²) in [6.45, 7) is 0.407. The molecule has 0 aliphatic rings. The van der Waals surface area contributed by atoms with Crippen LogP contribution in [0.25, 0.3) is 10.8 Å². The van der Waals surface area contributed by atoms with Crippen LogP contribution in [-0.4, -0.2) is 21.4 Å². The SMILES string of the molecule is CN(c1ccc(C(=O)NCc2cccc3ccccc23)cc1)S(=O)(=O)c1ccccc1. The predicted octanol–water partition coefficient (Wildman–Crippen LogP) is 4.59. The van der Waals surface area contributed by atoms with Crippen LogP contribution in [0.5, 0.6) is 0 Å². The van der Waals surface area contributed by atoms with Gasteiger partial charge in [0.1, 0.15) is 0 Å². The highest BCUT2D eigenvalue weighted by Crippen LogP contribution is 2.22. The number of hydrogen-bond acceptors (Lipinski definition) is 3. The largest absolute Gasteiger partial charge is 0.348 e. The molecule has 4 rings (SSSR count). The summed E-state index contributed by atoms with van der Waals surface area (Å²) in [7, 11) is -2.16. The monoisotopic (exact) mass is 430 g/mol. The average Bonchev–Trinajstić information content (AvgIpc) is 2.82. The second-order valence-electron chi connectivity index (χ2n) is 7.15. The average molecular weight is 431 g/mol. The fourth-order valence-corrected chi connectivity index (χ4v) is 4.65. The lowest BCUT2D eigenvalue weighted by Gasteiger charge is -2.19. The maximum Gasteiger partial charge on any atom is 0.264 e. The first kappa shape index (κ1) is 20.6. The molecule has 1 amide bonds. The summed E-state index contributed by atoms with van der Waals surface area (Å²) in [5.74, 6) is -0.215. The Morgan fingerprint density at radius 1 is 0.806 bits per heavy atom. The van der Waals surface area contributed by atoms with Crippen molar-refractivity contribution >= 4 is 32.4 Å². The standard InChI is InChI=1S/C25H22N2O3S/c1-27(31(29,30)23-11-3-2-4-12-23)22-16-14-20(15-17-22)25(28)26-18-21-10-7-9-19-8-5-6-13-24(19)21/h2-17H,18H2,1H3,(H,26,28). The van der Waals surface area contributed by atoms with E-state index >= 15 is 0 Å². The van der Waals surface area contributed by atoms with E-state index in [0.717, 1.165) is 16.3 Å². The van der Waals surface area contributed by atoms with E-state index in [1.165, 1.54) is 11.4 Å². The van der Waals surface area contributed by atoms with E-state index in [1.807, 2.05) is 42.5 Å². The van der Waals surface area contributed by atoms with Gasteiger partial charge in [-0.3, -0.25) is 9.10 Å². The molecule has 0 aliphatic heterocycles. The maximum absolute atomic E-state index is 12.8. The molecule has 31 heavy (non-hydrogen) atoms. The van der Waals surface area contributed by atoms with Crippen molar-refractivity contribution in [1.82, 2.24) is 5.32 Å². The number of amides is 1. The minimum Gasteiger partial charge on any atom is -0.348 e. The Bertz CT molecular complexity index is 1310. The van der Waals surface area contributed by atoms with Gasteiger partial charge < -0.3 is 5.32 Å². The molecule has 0 radical (unpaired) electrons. The van der Waals surface area contributed by atoms with Gasteiger partial charge in [-0.1, -0.05) is 60.7 Å². The lowest BCUT2D eigenvalue weighted by Crippen LogP contribution is -2.27. The van der Waals surface area contributed by atoms with Gasteiger partial charge in [0.05, 0.1) is 10.6 Å². The number of fused-ring (bicyclic) bond motifs is 1. The smallest absolute Gasteiger partial charge is 0.264 e. The highest BCUT2D eigenvalue weighted by Gasteiger charge is 2.21. The zero-order valence-electron chi connectivity index (χ0n) is 17.0. The lowest BCUT2D eigenvalue weighted by atomic mass is 10.0. The van der Waals surface area contributed by atoms with Crippen molar-refractivity contribution < 1.29 is 13.2 Å². The van der Waals surface area contributed by atoms with Crippen LogP contribution in [0, 0.1) is 0 Å². The van der Waals surface area contributed by atoms with E-state index in [9.17, 15) is 13.2 Å². The van der Waals surface area contributed by atoms with Crippen molar-refractivity contribution in [3.8, 4) is 0 Å². The van der Waals surface area contributed by atoms with Crippen LogP contribution >= 0.6 is 0 Å². The Morgan fingerprint density at radius 3 is 2.19 bits per heavy atom. The highest BCUT2D eigenvalue weighted by atomic mass is 32.2. The summed E-state index contributed by atoms with van der Waals surface area (Å²) in [6, 6.07) is 28.8. The van der Waals surface area contributed by atoms with Gasteiger partial charge in [0.15, 0.2) is 0 Å². The van der Waals surface area contributed by atoms with Crippen molar-refractivity contribution in [2.45, 2.75) is 11.4 Å². The van der Waals surface area contributed by atoms with Gasteiger partial charge in [0, 0.05) is 19.2 Å². The minimum atomic E-state index is -3.66. The normalized spacial score (nSPS) is 11.3. The van der Waals surface area contributed by atoms with Crippen LogP contribution in [0.2, 0.25) is 0 Å². The fourth-order valence-electron chi connectivity index (χ4n) is 3.44. The summed E-state index contributed by atoms with van der Waals surface area (Å²) in [5.41, 5.74) is 1.99. The number of benzene rings is 4. The first-order valence-electron chi connectivity index (χ1n) is 9.86. The molecule has 1 N–H and O–H groups in total. The van der Waals surface area contributed by atoms with Gasteiger partial charge in [-0.15, -0.1) is 0 Å². The second-order valence-corrected chi connectivity index (χ2v) is 9.12. The molecule has 4 aromatic carbocycles. The van der Waals surface area contributed by atoms with Crippen molar-refractivity contribution in [3.05, 3.63) is 108 Å². The number of nitrogens with zero attached hydrogens (tertiary/aromatic N) is 1. The maximum atomic E-state index is 12.8. The third-order valence-electron chi connectivity index (χ3n) is 5.21. The first-order valence-corrected chi connectivity index (χ1v) is 11.3. The molecule has 0 aromatic heterocycles. The van der Waals surface area contributed by atoms with Gasteiger partial charge in [-0.2, -0.15) is 0 Å². The molecular formula is C25H22N2O3S. The van der Waals surface area contributed by atoms with Crippen molar-refractivity contribution in [3.63, 3.8) is 0 Å². The quantitative estimate of drug-likeness (QED) is 0.486. The second kappa shape index (κ2) is 8.62. The molecule has 0 heterocycles. The molecule has 0 saturated carbocycles. The van der Waals surface area contributed by atoms with E-state index in [0.29, 0.717) is 17.8 Å². The van der Waals surface area contributed by atoms with Crippen LogP contribution < -0.4 is 9.62 Å². The Kier molecular flexibility index (Phi) is 5.73. The van der Waals surface area contributed by atoms with Crippen molar-refractivity contribution in [2.75, 3.05) is 11.4 Å². The van der Waals surface area contributed by atoms with Gasteiger partial charge in [0.2, 0.25) is 0 Å². The molecule has 0 bridgehead atoms. The first-order chi connectivity index (χ1) is 15.0. The number of carbonyl (C=O) groups excluding carboxylic acids is 1. The third-order valence-corrected chi connectivity index (χ3v) is 7.01. The van der Waals surface area contributed by atoms with Gasteiger partial charge in [0.25, 0.3) is 15.9 Å². The van der Waals surface area contributed by atoms with Gasteiger partial charge >= 0.3 is 0 Å². The number of carbonyl (C=O) groups is 1. The molecule has 156 valence electrons. The van der Waals surface area contributed by atoms with E-state index in [1.54, 1.807) is 54.6 Å². The molecule has 5 nitrogen and oxygen atoms in total. The summed E-state index contributed by atoms with van der Waals surface area (Å²) < 4.78 is 26.7. The number of nitrogens with one attached hydrogen (secondary N) is 1. The number of anilines is 1. The van der Waals surface area contributed by atoms with Crippen LogP contribution in [0.4, 0.5) is 5.69 Å². The van der Waals surface area contributed by atoms with Crippen LogP contribution in [-0.2, 0) is 16.6 Å².